The summed E-state index contributed by atoms with van der Waals surface area (Å²) in [6.07, 6.45) is 9.42. The molecule has 1 aromatic heterocycles. The number of rotatable bonds is 10. The largest absolute Gasteiger partial charge is 0.494 e. The Labute approximate surface area is 214 Å². The molecule has 0 unspecified atom stereocenters. The number of hydrogen-bond donors (Lipinski definition) is 2. The highest BCUT2D eigenvalue weighted by Gasteiger charge is 2.44. The molecule has 1 saturated carbocycles. The number of aliphatic hydroxyl groups is 1. The van der Waals surface area contributed by atoms with Crippen LogP contribution in [0.15, 0.2) is 48.5 Å². The van der Waals surface area contributed by atoms with Gasteiger partial charge in [0.05, 0.1) is 19.8 Å². The molecular formula is C30H39N3O3. The number of imidazole rings is 1. The molecule has 3 aromatic rings. The average Bonchev–Trinajstić information content (AvgIpc) is 3.12. The topological polar surface area (TPSA) is 70.6 Å². The van der Waals surface area contributed by atoms with E-state index in [4.69, 9.17) is 14.5 Å². The van der Waals surface area contributed by atoms with Gasteiger partial charge in [-0.05, 0) is 74.9 Å². The number of hydrogen-bond acceptors (Lipinski definition) is 5. The Bertz CT molecular complexity index is 1160. The summed E-state index contributed by atoms with van der Waals surface area (Å²) >= 11 is 0. The second-order valence-corrected chi connectivity index (χ2v) is 10.6. The van der Waals surface area contributed by atoms with Crippen molar-refractivity contribution in [3.05, 3.63) is 59.9 Å². The van der Waals surface area contributed by atoms with Gasteiger partial charge >= 0.3 is 0 Å². The molecule has 2 N–H and O–H groups in total. The number of ether oxygens (including phenoxy) is 2. The Morgan fingerprint density at radius 1 is 1.06 bits per heavy atom. The molecule has 3 aliphatic rings. The molecule has 3 aliphatic carbocycles. The first kappa shape index (κ1) is 24.8. The molecule has 6 nitrogen and oxygen atoms in total. The van der Waals surface area contributed by atoms with Gasteiger partial charge in [-0.1, -0.05) is 42.8 Å². The third-order valence-corrected chi connectivity index (χ3v) is 8.22. The normalized spacial score (nSPS) is 23.6. The maximum atomic E-state index is 11.7. The average molecular weight is 490 g/mol. The Morgan fingerprint density at radius 2 is 1.83 bits per heavy atom. The van der Waals surface area contributed by atoms with Crippen molar-refractivity contribution >= 4 is 16.6 Å². The minimum atomic E-state index is -0.598. The van der Waals surface area contributed by atoms with Gasteiger partial charge in [-0.3, -0.25) is 0 Å². The molecule has 0 saturated heterocycles. The van der Waals surface area contributed by atoms with E-state index < -0.39 is 5.60 Å². The second kappa shape index (κ2) is 10.7. The molecule has 192 valence electrons. The van der Waals surface area contributed by atoms with E-state index >= 15 is 0 Å². The van der Waals surface area contributed by atoms with Crippen molar-refractivity contribution in [3.63, 3.8) is 0 Å². The zero-order chi connectivity index (χ0) is 25.1. The molecule has 1 fully saturated rings. The van der Waals surface area contributed by atoms with E-state index in [2.05, 4.69) is 53.3 Å². The molecule has 2 aromatic carbocycles. The van der Waals surface area contributed by atoms with Crippen molar-refractivity contribution < 1.29 is 14.6 Å². The zero-order valence-electron chi connectivity index (χ0n) is 21.8. The van der Waals surface area contributed by atoms with Gasteiger partial charge in [0.25, 0.3) is 0 Å². The number of allylic oxidation sites excluding steroid dienone is 1. The summed E-state index contributed by atoms with van der Waals surface area (Å²) in [5.41, 5.74) is 3.88. The number of nitrogens with zero attached hydrogens (tertiary/aromatic N) is 2. The van der Waals surface area contributed by atoms with Gasteiger partial charge in [0.15, 0.2) is 0 Å². The highest BCUT2D eigenvalue weighted by molar-refractivity contribution is 5.87. The molecule has 0 spiro atoms. The van der Waals surface area contributed by atoms with Gasteiger partial charge in [-0.15, -0.1) is 0 Å². The highest BCUT2D eigenvalue weighted by Crippen LogP contribution is 2.49. The lowest BCUT2D eigenvalue weighted by Gasteiger charge is -2.41. The van der Waals surface area contributed by atoms with Crippen LogP contribution in [0.4, 0.5) is 0 Å². The fourth-order valence-corrected chi connectivity index (χ4v) is 6.20. The standard InChI is InChI=1S/C30H39N3O3/c1-33(17-8-13-27-31-28-25(35-2)14-15-26(36-3)29(28)32-27)18-16-30(34)20-22-11-7-12-23(30)19-24(22)21-9-5-4-6-10-21/h4-6,9-10,14-15,19,22-23,34H,7-8,11-13,16-18,20H2,1-3H3,(H,31,32)/t22-,23-,30+/m1/s1. The van der Waals surface area contributed by atoms with Gasteiger partial charge in [0.2, 0.25) is 0 Å². The quantitative estimate of drug-likeness (QED) is 0.395. The lowest BCUT2D eigenvalue weighted by Crippen LogP contribution is -2.43. The summed E-state index contributed by atoms with van der Waals surface area (Å²) in [6.45, 7) is 1.86. The van der Waals surface area contributed by atoms with Crippen molar-refractivity contribution in [2.75, 3.05) is 34.4 Å². The molecule has 0 radical (unpaired) electrons. The first-order chi connectivity index (χ1) is 17.5. The van der Waals surface area contributed by atoms with Gasteiger partial charge in [-0.25, -0.2) is 4.98 Å². The fraction of sp³-hybridized carbons (Fsp3) is 0.500. The van der Waals surface area contributed by atoms with E-state index in [0.29, 0.717) is 5.92 Å². The molecule has 0 aliphatic heterocycles. The summed E-state index contributed by atoms with van der Waals surface area (Å²) in [6, 6.07) is 14.5. The van der Waals surface area contributed by atoms with Crippen LogP contribution in [0.3, 0.4) is 0 Å². The van der Waals surface area contributed by atoms with Crippen molar-refractivity contribution in [2.45, 2.75) is 50.5 Å². The summed E-state index contributed by atoms with van der Waals surface area (Å²) < 4.78 is 11.0. The number of nitrogens with one attached hydrogen (secondary N) is 1. The molecule has 6 rings (SSSR count). The van der Waals surface area contributed by atoms with Crippen LogP contribution in [-0.2, 0) is 6.42 Å². The fourth-order valence-electron chi connectivity index (χ4n) is 6.20. The van der Waals surface area contributed by atoms with Crippen LogP contribution in [0, 0.1) is 11.8 Å². The summed E-state index contributed by atoms with van der Waals surface area (Å²) in [5.74, 6) is 3.18. The van der Waals surface area contributed by atoms with Gasteiger partial charge in [-0.2, -0.15) is 0 Å². The van der Waals surface area contributed by atoms with Gasteiger partial charge in [0.1, 0.15) is 28.4 Å². The molecule has 0 amide bonds. The molecule has 36 heavy (non-hydrogen) atoms. The monoisotopic (exact) mass is 489 g/mol. The van der Waals surface area contributed by atoms with Crippen molar-refractivity contribution in [1.82, 2.24) is 14.9 Å². The van der Waals surface area contributed by atoms with Crippen LogP contribution in [0.25, 0.3) is 16.6 Å². The lowest BCUT2D eigenvalue weighted by atomic mass is 9.70. The van der Waals surface area contributed by atoms with Crippen LogP contribution < -0.4 is 9.47 Å². The number of aromatic nitrogens is 2. The Hall–Kier alpha value is -2.83. The minimum Gasteiger partial charge on any atom is -0.494 e. The van der Waals surface area contributed by atoms with E-state index in [0.717, 1.165) is 73.6 Å². The number of aryl methyl sites for hydroxylation is 1. The third-order valence-electron chi connectivity index (χ3n) is 8.22. The van der Waals surface area contributed by atoms with Crippen LogP contribution >= 0.6 is 0 Å². The summed E-state index contributed by atoms with van der Waals surface area (Å²) in [4.78, 5) is 10.5. The van der Waals surface area contributed by atoms with Crippen molar-refractivity contribution in [2.24, 2.45) is 11.8 Å². The number of aromatic amines is 1. The number of H-pyrrole nitrogens is 1. The molecule has 2 bridgehead atoms. The zero-order valence-corrected chi connectivity index (χ0v) is 21.8. The smallest absolute Gasteiger partial charge is 0.146 e. The van der Waals surface area contributed by atoms with Crippen LogP contribution in [0.1, 0.15) is 49.9 Å². The first-order valence-electron chi connectivity index (χ1n) is 13.3. The molecule has 1 heterocycles. The molecular weight excluding hydrogens is 450 g/mol. The lowest BCUT2D eigenvalue weighted by molar-refractivity contribution is -0.0299. The van der Waals surface area contributed by atoms with E-state index in [1.807, 2.05) is 12.1 Å². The maximum Gasteiger partial charge on any atom is 0.146 e. The predicted molar refractivity (Wildman–Crippen MR) is 144 cm³/mol. The highest BCUT2D eigenvalue weighted by atomic mass is 16.5. The Kier molecular flexibility index (Phi) is 7.35. The van der Waals surface area contributed by atoms with Gasteiger partial charge < -0.3 is 24.5 Å². The predicted octanol–water partition coefficient (Wildman–Crippen LogP) is 5.47. The second-order valence-electron chi connectivity index (χ2n) is 10.6. The summed E-state index contributed by atoms with van der Waals surface area (Å²) in [5, 5.41) is 11.7. The number of fused-ring (bicyclic) bond motifs is 4. The van der Waals surface area contributed by atoms with Crippen molar-refractivity contribution in [3.8, 4) is 11.5 Å². The maximum absolute atomic E-state index is 11.7. The van der Waals surface area contributed by atoms with E-state index in [9.17, 15) is 5.11 Å². The van der Waals surface area contributed by atoms with Crippen molar-refractivity contribution in [1.29, 1.82) is 0 Å². The van der Waals surface area contributed by atoms with Crippen LogP contribution in [-0.4, -0.2) is 59.9 Å². The number of benzene rings is 2. The number of methoxy groups -OCH3 is 2. The minimum absolute atomic E-state index is 0.250. The van der Waals surface area contributed by atoms with E-state index in [1.165, 1.54) is 24.0 Å². The van der Waals surface area contributed by atoms with E-state index in [1.54, 1.807) is 14.2 Å². The van der Waals surface area contributed by atoms with Gasteiger partial charge in [0, 0.05) is 18.9 Å². The van der Waals surface area contributed by atoms with E-state index in [-0.39, 0.29) is 5.92 Å². The molecule has 3 atom stereocenters. The molecule has 6 heteroatoms. The first-order valence-corrected chi connectivity index (χ1v) is 13.3. The van der Waals surface area contributed by atoms with Crippen LogP contribution in [0.2, 0.25) is 0 Å². The third kappa shape index (κ3) is 5.02. The Morgan fingerprint density at radius 3 is 2.61 bits per heavy atom. The Balaban J connectivity index is 1.17. The van der Waals surface area contributed by atoms with Crippen LogP contribution in [0.5, 0.6) is 11.5 Å². The SMILES string of the molecule is COc1ccc(OC)c2[nH]c(CCCN(C)CC[C@]3(O)C[C@H]4CCC[C@@H]3C=C4c3ccccc3)nc12. The summed E-state index contributed by atoms with van der Waals surface area (Å²) in [7, 11) is 5.49.